The Bertz CT molecular complexity index is 597. The van der Waals surface area contributed by atoms with Gasteiger partial charge in [0.2, 0.25) is 11.8 Å². The van der Waals surface area contributed by atoms with Gasteiger partial charge in [0.05, 0.1) is 0 Å². The van der Waals surface area contributed by atoms with E-state index in [0.717, 1.165) is 44.9 Å². The molecule has 2 amide bonds. The fraction of sp³-hybridized carbons (Fsp3) is 0.857. The number of rotatable bonds is 26. The Labute approximate surface area is 218 Å². The van der Waals surface area contributed by atoms with Crippen LogP contribution in [0.25, 0.3) is 0 Å². The highest BCUT2D eigenvalue weighted by Crippen LogP contribution is 2.14. The van der Waals surface area contributed by atoms with Gasteiger partial charge >= 0.3 is 11.9 Å². The number of aliphatic carboxylic acids is 2. The molecule has 0 spiro atoms. The first-order valence-corrected chi connectivity index (χ1v) is 14.4. The average Bonchev–Trinajstić information content (AvgIpc) is 2.84. The van der Waals surface area contributed by atoms with Crippen molar-refractivity contribution in [1.29, 1.82) is 0 Å². The number of carboxylic acid groups (broad SMARTS) is 2. The first kappa shape index (κ1) is 33.9. The van der Waals surface area contributed by atoms with Gasteiger partial charge in [-0.05, 0) is 25.7 Å². The van der Waals surface area contributed by atoms with Crippen molar-refractivity contribution in [3.8, 4) is 0 Å². The van der Waals surface area contributed by atoms with Crippen LogP contribution in [0.1, 0.15) is 142 Å². The smallest absolute Gasteiger partial charge is 0.326 e. The second-order valence-electron chi connectivity index (χ2n) is 9.90. The van der Waals surface area contributed by atoms with Gasteiger partial charge in [0.15, 0.2) is 0 Å². The molecule has 36 heavy (non-hydrogen) atoms. The van der Waals surface area contributed by atoms with E-state index in [1.54, 1.807) is 0 Å². The van der Waals surface area contributed by atoms with Gasteiger partial charge in [-0.15, -0.1) is 0 Å². The average molecular weight is 513 g/mol. The number of hydrogen-bond donors (Lipinski definition) is 4. The predicted molar refractivity (Wildman–Crippen MR) is 143 cm³/mol. The lowest BCUT2D eigenvalue weighted by Crippen LogP contribution is -2.41. The number of carbonyl (C=O) groups excluding carboxylic acids is 2. The summed E-state index contributed by atoms with van der Waals surface area (Å²) in [5, 5.41) is 23.1. The molecule has 4 N–H and O–H groups in total. The quantitative estimate of drug-likeness (QED) is 0.106. The Morgan fingerprint density at radius 1 is 0.583 bits per heavy atom. The molecule has 0 aromatic carbocycles. The zero-order valence-electron chi connectivity index (χ0n) is 22.7. The Balaban J connectivity index is 3.50. The highest BCUT2D eigenvalue weighted by molar-refractivity contribution is 5.84. The van der Waals surface area contributed by atoms with Gasteiger partial charge < -0.3 is 20.8 Å². The van der Waals surface area contributed by atoms with Gasteiger partial charge in [0.1, 0.15) is 6.04 Å². The number of hydrogen-bond acceptors (Lipinski definition) is 4. The van der Waals surface area contributed by atoms with Crippen molar-refractivity contribution >= 4 is 23.8 Å². The van der Waals surface area contributed by atoms with Crippen LogP contribution in [-0.2, 0) is 19.2 Å². The first-order valence-electron chi connectivity index (χ1n) is 14.4. The van der Waals surface area contributed by atoms with Crippen LogP contribution < -0.4 is 10.6 Å². The summed E-state index contributed by atoms with van der Waals surface area (Å²) in [6.45, 7) is 2.52. The van der Waals surface area contributed by atoms with E-state index in [4.69, 9.17) is 5.11 Å². The summed E-state index contributed by atoms with van der Waals surface area (Å²) < 4.78 is 0. The monoisotopic (exact) mass is 512 g/mol. The normalized spacial score (nSPS) is 11.7. The molecule has 8 nitrogen and oxygen atoms in total. The van der Waals surface area contributed by atoms with E-state index in [1.165, 1.54) is 64.2 Å². The van der Waals surface area contributed by atoms with Gasteiger partial charge in [0, 0.05) is 25.8 Å². The molecule has 0 fully saturated rings. The van der Waals surface area contributed by atoms with Crippen molar-refractivity contribution in [2.75, 3.05) is 6.54 Å². The summed E-state index contributed by atoms with van der Waals surface area (Å²) >= 11 is 0. The van der Waals surface area contributed by atoms with Crippen LogP contribution >= 0.6 is 0 Å². The summed E-state index contributed by atoms with van der Waals surface area (Å²) in [7, 11) is 0. The van der Waals surface area contributed by atoms with Crippen molar-refractivity contribution in [3.63, 3.8) is 0 Å². The standard InChI is InChI=1S/C28H52N2O6/c1-2-23-29-25(31)22-21-24(28(35)36)30-26(32)19-17-15-13-11-9-7-5-3-4-6-8-10-12-14-16-18-20-27(33)34/h24H,2-23H2,1H3,(H,29,31)(H,30,32)(H,33,34)(H,35,36)/t24-/m0/s1. The van der Waals surface area contributed by atoms with E-state index in [1.807, 2.05) is 6.92 Å². The zero-order chi connectivity index (χ0) is 26.9. The molecule has 0 aromatic heterocycles. The summed E-state index contributed by atoms with van der Waals surface area (Å²) in [6, 6.07) is -1.01. The zero-order valence-corrected chi connectivity index (χ0v) is 22.7. The second kappa shape index (κ2) is 24.6. The third kappa shape index (κ3) is 23.6. The van der Waals surface area contributed by atoms with Crippen LogP contribution in [0.15, 0.2) is 0 Å². The third-order valence-electron chi connectivity index (χ3n) is 6.41. The van der Waals surface area contributed by atoms with Crippen LogP contribution in [-0.4, -0.2) is 46.6 Å². The van der Waals surface area contributed by atoms with Crippen molar-refractivity contribution in [2.24, 2.45) is 0 Å². The predicted octanol–water partition coefficient (Wildman–Crippen LogP) is 5.97. The fourth-order valence-corrected chi connectivity index (χ4v) is 4.19. The number of nitrogens with one attached hydrogen (secondary N) is 2. The molecule has 0 unspecified atom stereocenters. The fourth-order valence-electron chi connectivity index (χ4n) is 4.19. The summed E-state index contributed by atoms with van der Waals surface area (Å²) in [5.74, 6) is -2.23. The van der Waals surface area contributed by atoms with Crippen molar-refractivity contribution in [3.05, 3.63) is 0 Å². The van der Waals surface area contributed by atoms with Gasteiger partial charge in [-0.3, -0.25) is 14.4 Å². The molecule has 0 saturated carbocycles. The van der Waals surface area contributed by atoms with Crippen molar-refractivity contribution < 1.29 is 29.4 Å². The Morgan fingerprint density at radius 3 is 1.39 bits per heavy atom. The van der Waals surface area contributed by atoms with Crippen molar-refractivity contribution in [1.82, 2.24) is 10.6 Å². The number of amides is 2. The molecule has 1 atom stereocenters. The van der Waals surface area contributed by atoms with Crippen molar-refractivity contribution in [2.45, 2.75) is 148 Å². The number of carbonyl (C=O) groups is 4. The van der Waals surface area contributed by atoms with E-state index < -0.39 is 18.0 Å². The molecule has 210 valence electrons. The Morgan fingerprint density at radius 2 is 1.00 bits per heavy atom. The first-order chi connectivity index (χ1) is 17.4. The molecule has 0 aromatic rings. The lowest BCUT2D eigenvalue weighted by atomic mass is 10.0. The van der Waals surface area contributed by atoms with Crippen LogP contribution in [0, 0.1) is 0 Å². The summed E-state index contributed by atoms with van der Waals surface area (Å²) in [5.41, 5.74) is 0. The van der Waals surface area contributed by atoms with Gasteiger partial charge in [-0.2, -0.15) is 0 Å². The molecule has 0 aliphatic heterocycles. The second-order valence-corrected chi connectivity index (χ2v) is 9.90. The van der Waals surface area contributed by atoms with Crippen LogP contribution in [0.3, 0.4) is 0 Å². The lowest BCUT2D eigenvalue weighted by Gasteiger charge is -2.14. The third-order valence-corrected chi connectivity index (χ3v) is 6.41. The summed E-state index contributed by atoms with van der Waals surface area (Å²) in [4.78, 5) is 45.5. The maximum atomic E-state index is 12.1. The van der Waals surface area contributed by atoms with E-state index in [0.29, 0.717) is 19.4 Å². The van der Waals surface area contributed by atoms with Crippen LogP contribution in [0.4, 0.5) is 0 Å². The number of unbranched alkanes of at least 4 members (excludes halogenated alkanes) is 15. The number of carboxylic acids is 2. The van der Waals surface area contributed by atoms with Gasteiger partial charge in [0.25, 0.3) is 0 Å². The van der Waals surface area contributed by atoms with Gasteiger partial charge in [-0.1, -0.05) is 96.8 Å². The van der Waals surface area contributed by atoms with E-state index in [9.17, 15) is 24.3 Å². The molecule has 0 rings (SSSR count). The largest absolute Gasteiger partial charge is 0.481 e. The molecular formula is C28H52N2O6. The Kier molecular flexibility index (Phi) is 23.1. The SMILES string of the molecule is CCCNC(=O)CC[C@H](NC(=O)CCCCCCCCCCCCCCCCCCC(=O)O)C(=O)O. The minimum absolute atomic E-state index is 0.0921. The minimum Gasteiger partial charge on any atom is -0.481 e. The molecule has 0 heterocycles. The Hall–Kier alpha value is -2.12. The molecule has 0 radical (unpaired) electrons. The molecular weight excluding hydrogens is 460 g/mol. The maximum Gasteiger partial charge on any atom is 0.326 e. The lowest BCUT2D eigenvalue weighted by molar-refractivity contribution is -0.142. The molecule has 0 saturated heterocycles. The molecule has 0 bridgehead atoms. The van der Waals surface area contributed by atoms with E-state index in [2.05, 4.69) is 10.6 Å². The highest BCUT2D eigenvalue weighted by atomic mass is 16.4. The van der Waals surface area contributed by atoms with E-state index in [-0.39, 0.29) is 24.7 Å². The molecule has 8 heteroatoms. The maximum absolute atomic E-state index is 12.1. The van der Waals surface area contributed by atoms with Crippen LogP contribution in [0.2, 0.25) is 0 Å². The van der Waals surface area contributed by atoms with Crippen LogP contribution in [0.5, 0.6) is 0 Å². The highest BCUT2D eigenvalue weighted by Gasteiger charge is 2.20. The summed E-state index contributed by atoms with van der Waals surface area (Å²) in [6.07, 6.45) is 20.1. The molecule has 0 aliphatic rings. The molecule has 0 aliphatic carbocycles. The van der Waals surface area contributed by atoms with Gasteiger partial charge in [-0.25, -0.2) is 4.79 Å². The topological polar surface area (TPSA) is 133 Å². The minimum atomic E-state index is -1.10. The van der Waals surface area contributed by atoms with E-state index >= 15 is 0 Å².